The van der Waals surface area contributed by atoms with Crippen molar-refractivity contribution in [1.82, 2.24) is 4.90 Å². The zero-order valence-corrected chi connectivity index (χ0v) is 8.07. The molecule has 2 fully saturated rings. The first-order valence-electron chi connectivity index (χ1n) is 4.74. The predicted molar refractivity (Wildman–Crippen MR) is 46.5 cm³/mol. The van der Waals surface area contributed by atoms with E-state index in [1.54, 1.807) is 4.90 Å². The fraction of sp³-hybridized carbons (Fsp3) is 0.889. The number of halogens is 1. The number of methoxy groups -OCH3 is 1. The van der Waals surface area contributed by atoms with Gasteiger partial charge in [0.2, 0.25) is 0 Å². The lowest BCUT2D eigenvalue weighted by Gasteiger charge is -2.27. The van der Waals surface area contributed by atoms with Gasteiger partial charge in [-0.25, -0.2) is 4.39 Å². The van der Waals surface area contributed by atoms with Gasteiger partial charge >= 0.3 is 5.97 Å². The Balaban J connectivity index is 2.24. The maximum absolute atomic E-state index is 13.2. The van der Waals surface area contributed by atoms with Gasteiger partial charge in [0.1, 0.15) is 11.7 Å². The van der Waals surface area contributed by atoms with Crippen molar-refractivity contribution in [3.05, 3.63) is 0 Å². The van der Waals surface area contributed by atoms with Crippen molar-refractivity contribution < 1.29 is 19.0 Å². The minimum absolute atomic E-state index is 0.150. The number of alkyl halides is 1. The molecule has 2 unspecified atom stereocenters. The lowest BCUT2D eigenvalue weighted by molar-refractivity contribution is -0.152. The number of rotatable bonds is 1. The Hall–Kier alpha value is -0.680. The highest BCUT2D eigenvalue weighted by atomic mass is 19.1. The number of carbonyl (C=O) groups is 1. The molecular formula is C9H14FNO3. The second-order valence-electron chi connectivity index (χ2n) is 4.09. The Morgan fingerprint density at radius 3 is 2.93 bits per heavy atom. The first-order valence-corrected chi connectivity index (χ1v) is 4.74. The Labute approximate surface area is 81.6 Å². The molecule has 2 saturated heterocycles. The molecule has 14 heavy (non-hydrogen) atoms. The molecule has 1 N–H and O–H groups in total. The number of hydrogen-bond acceptors (Lipinski definition) is 4. The fourth-order valence-electron chi connectivity index (χ4n) is 2.63. The minimum atomic E-state index is -0.985. The van der Waals surface area contributed by atoms with E-state index in [1.807, 2.05) is 0 Å². The summed E-state index contributed by atoms with van der Waals surface area (Å²) in [6, 6.07) is 0. The van der Waals surface area contributed by atoms with Crippen molar-refractivity contribution in [3.8, 4) is 0 Å². The van der Waals surface area contributed by atoms with E-state index >= 15 is 0 Å². The summed E-state index contributed by atoms with van der Waals surface area (Å²) in [4.78, 5) is 13.3. The Morgan fingerprint density at radius 2 is 2.29 bits per heavy atom. The van der Waals surface area contributed by atoms with Gasteiger partial charge in [0.05, 0.1) is 13.2 Å². The van der Waals surface area contributed by atoms with E-state index in [2.05, 4.69) is 4.74 Å². The van der Waals surface area contributed by atoms with Crippen LogP contribution in [0.25, 0.3) is 0 Å². The molecule has 5 heteroatoms. The van der Waals surface area contributed by atoms with E-state index in [0.717, 1.165) is 0 Å². The summed E-state index contributed by atoms with van der Waals surface area (Å²) in [5, 5.41) is 9.46. The van der Waals surface area contributed by atoms with Crippen molar-refractivity contribution in [3.63, 3.8) is 0 Å². The van der Waals surface area contributed by atoms with E-state index in [0.29, 0.717) is 13.0 Å². The van der Waals surface area contributed by atoms with Gasteiger partial charge in [0, 0.05) is 25.9 Å². The van der Waals surface area contributed by atoms with Crippen LogP contribution in [0.5, 0.6) is 0 Å². The van der Waals surface area contributed by atoms with Gasteiger partial charge in [-0.1, -0.05) is 0 Å². The zero-order chi connectivity index (χ0) is 10.3. The fourth-order valence-corrected chi connectivity index (χ4v) is 2.63. The van der Waals surface area contributed by atoms with Crippen molar-refractivity contribution >= 4 is 5.97 Å². The van der Waals surface area contributed by atoms with E-state index in [4.69, 9.17) is 0 Å². The highest BCUT2D eigenvalue weighted by molar-refractivity contribution is 5.82. The Kier molecular flexibility index (Phi) is 2.23. The molecule has 0 amide bonds. The molecule has 80 valence electrons. The third-order valence-electron chi connectivity index (χ3n) is 3.15. The number of ether oxygens (including phenoxy) is 1. The number of aliphatic hydroxyl groups excluding tert-OH is 1. The van der Waals surface area contributed by atoms with E-state index in [1.165, 1.54) is 7.11 Å². The molecule has 0 bridgehead atoms. The zero-order valence-electron chi connectivity index (χ0n) is 8.07. The summed E-state index contributed by atoms with van der Waals surface area (Å²) in [6.07, 6.45) is -1.08. The average molecular weight is 203 g/mol. The van der Waals surface area contributed by atoms with Crippen LogP contribution in [0.1, 0.15) is 12.8 Å². The predicted octanol–water partition coefficient (Wildman–Crippen LogP) is -0.293. The SMILES string of the molecule is COC(=O)C12CC(O)CN1C[C@@H](F)C2. The van der Waals surface area contributed by atoms with Gasteiger partial charge in [0.25, 0.3) is 0 Å². The summed E-state index contributed by atoms with van der Waals surface area (Å²) in [5.41, 5.74) is -0.895. The standard InChI is InChI=1S/C9H14FNO3/c1-14-8(13)9-2-6(10)4-11(9)5-7(12)3-9/h6-7,12H,2-5H2,1H3/t6-,7?,9?/m0/s1. The average Bonchev–Trinajstić information content (AvgIpc) is 2.55. The summed E-state index contributed by atoms with van der Waals surface area (Å²) in [6.45, 7) is 0.599. The van der Waals surface area contributed by atoms with Gasteiger partial charge < -0.3 is 9.84 Å². The highest BCUT2D eigenvalue weighted by Crippen LogP contribution is 2.40. The Morgan fingerprint density at radius 1 is 1.57 bits per heavy atom. The van der Waals surface area contributed by atoms with Crippen LogP contribution >= 0.6 is 0 Å². The van der Waals surface area contributed by atoms with Crippen molar-refractivity contribution in [2.24, 2.45) is 0 Å². The molecular weight excluding hydrogens is 189 g/mol. The van der Waals surface area contributed by atoms with Gasteiger partial charge in [-0.2, -0.15) is 0 Å². The second-order valence-corrected chi connectivity index (χ2v) is 4.09. The monoisotopic (exact) mass is 203 g/mol. The summed E-state index contributed by atoms with van der Waals surface area (Å²) < 4.78 is 17.9. The number of esters is 1. The van der Waals surface area contributed by atoms with Gasteiger partial charge in [-0.15, -0.1) is 0 Å². The van der Waals surface area contributed by atoms with Gasteiger partial charge in [0.15, 0.2) is 0 Å². The molecule has 0 saturated carbocycles. The topological polar surface area (TPSA) is 49.8 Å². The van der Waals surface area contributed by atoms with Crippen molar-refractivity contribution in [2.75, 3.05) is 20.2 Å². The molecule has 0 aliphatic carbocycles. The van der Waals surface area contributed by atoms with Crippen LogP contribution < -0.4 is 0 Å². The smallest absolute Gasteiger partial charge is 0.326 e. The normalized spacial score (nSPS) is 42.5. The number of nitrogens with zero attached hydrogens (tertiary/aromatic N) is 1. The number of β-amino-alcohol motifs (C(OH)–C–C–N with tert-alkyl or cyclic N) is 1. The molecule has 2 aliphatic heterocycles. The quantitative estimate of drug-likeness (QED) is 0.595. The minimum Gasteiger partial charge on any atom is -0.468 e. The maximum atomic E-state index is 13.2. The third kappa shape index (κ3) is 1.23. The largest absolute Gasteiger partial charge is 0.468 e. The first-order chi connectivity index (χ1) is 6.58. The molecule has 4 nitrogen and oxygen atoms in total. The molecule has 0 radical (unpaired) electrons. The van der Waals surface area contributed by atoms with Crippen LogP contribution in [-0.2, 0) is 9.53 Å². The number of hydrogen-bond donors (Lipinski definition) is 1. The molecule has 2 rings (SSSR count). The van der Waals surface area contributed by atoms with Crippen LogP contribution in [-0.4, -0.2) is 54.0 Å². The van der Waals surface area contributed by atoms with Crippen molar-refractivity contribution in [2.45, 2.75) is 30.7 Å². The molecule has 0 aromatic heterocycles. The lowest BCUT2D eigenvalue weighted by atomic mass is 9.93. The van der Waals surface area contributed by atoms with Gasteiger partial charge in [-0.05, 0) is 0 Å². The van der Waals surface area contributed by atoms with Crippen LogP contribution in [0, 0.1) is 0 Å². The number of carbonyl (C=O) groups excluding carboxylic acids is 1. The lowest BCUT2D eigenvalue weighted by Crippen LogP contribution is -2.46. The van der Waals surface area contributed by atoms with Crippen LogP contribution in [0.15, 0.2) is 0 Å². The van der Waals surface area contributed by atoms with Crippen LogP contribution in [0.4, 0.5) is 4.39 Å². The molecule has 0 aromatic rings. The first kappa shape index (κ1) is 9.86. The summed E-state index contributed by atoms with van der Waals surface area (Å²) in [5.74, 6) is -0.422. The highest BCUT2D eigenvalue weighted by Gasteiger charge is 2.57. The molecule has 0 aromatic carbocycles. The maximum Gasteiger partial charge on any atom is 0.326 e. The van der Waals surface area contributed by atoms with Gasteiger partial charge in [-0.3, -0.25) is 9.69 Å². The molecule has 2 aliphatic rings. The van der Waals surface area contributed by atoms with E-state index < -0.39 is 23.8 Å². The third-order valence-corrected chi connectivity index (χ3v) is 3.15. The Bertz CT molecular complexity index is 244. The number of fused-ring (bicyclic) bond motifs is 1. The van der Waals surface area contributed by atoms with Crippen LogP contribution in [0.2, 0.25) is 0 Å². The van der Waals surface area contributed by atoms with E-state index in [-0.39, 0.29) is 13.0 Å². The molecule has 0 spiro atoms. The van der Waals surface area contributed by atoms with Crippen molar-refractivity contribution in [1.29, 1.82) is 0 Å². The molecule has 2 heterocycles. The summed E-state index contributed by atoms with van der Waals surface area (Å²) in [7, 11) is 1.30. The second kappa shape index (κ2) is 3.17. The van der Waals surface area contributed by atoms with Crippen LogP contribution in [0.3, 0.4) is 0 Å². The molecule has 3 atom stereocenters. The number of aliphatic hydroxyl groups is 1. The van der Waals surface area contributed by atoms with E-state index in [9.17, 15) is 14.3 Å². The summed E-state index contributed by atoms with van der Waals surface area (Å²) >= 11 is 0.